The van der Waals surface area contributed by atoms with Gasteiger partial charge in [0.1, 0.15) is 5.82 Å². The summed E-state index contributed by atoms with van der Waals surface area (Å²) in [5, 5.41) is 9.33. The number of aliphatic hydroxyl groups excluding tert-OH is 1. The largest absolute Gasteiger partial charge is 0.396 e. The van der Waals surface area contributed by atoms with Gasteiger partial charge in [0.25, 0.3) is 0 Å². The van der Waals surface area contributed by atoms with Crippen molar-refractivity contribution in [3.63, 3.8) is 0 Å². The van der Waals surface area contributed by atoms with Crippen LogP contribution in [0.3, 0.4) is 0 Å². The van der Waals surface area contributed by atoms with E-state index in [0.29, 0.717) is 5.92 Å². The zero-order valence-corrected chi connectivity index (χ0v) is 11.4. The van der Waals surface area contributed by atoms with Crippen LogP contribution in [-0.4, -0.2) is 34.8 Å². The Kier molecular flexibility index (Phi) is 3.92. The highest BCUT2D eigenvalue weighted by molar-refractivity contribution is 5.57. The van der Waals surface area contributed by atoms with Gasteiger partial charge < -0.3 is 10.0 Å². The summed E-state index contributed by atoms with van der Waals surface area (Å²) >= 11 is 0. The van der Waals surface area contributed by atoms with Gasteiger partial charge in [0.15, 0.2) is 5.82 Å². The van der Waals surface area contributed by atoms with Crippen LogP contribution in [0.2, 0.25) is 0 Å². The van der Waals surface area contributed by atoms with Crippen LogP contribution in [0.4, 0.5) is 5.82 Å². The van der Waals surface area contributed by atoms with E-state index >= 15 is 0 Å². The second-order valence-corrected chi connectivity index (χ2v) is 5.24. The Morgan fingerprint density at radius 1 is 1.20 bits per heavy atom. The highest BCUT2D eigenvalue weighted by atomic mass is 16.3. The van der Waals surface area contributed by atoms with E-state index in [1.807, 2.05) is 42.6 Å². The third-order valence-corrected chi connectivity index (χ3v) is 3.77. The molecule has 4 heteroatoms. The first-order valence-electron chi connectivity index (χ1n) is 7.11. The van der Waals surface area contributed by atoms with Crippen molar-refractivity contribution in [2.24, 2.45) is 5.92 Å². The molecule has 1 fully saturated rings. The van der Waals surface area contributed by atoms with E-state index in [2.05, 4.69) is 14.9 Å². The fourth-order valence-corrected chi connectivity index (χ4v) is 2.67. The third kappa shape index (κ3) is 2.80. The topological polar surface area (TPSA) is 49.2 Å². The number of piperidine rings is 1. The number of hydrogen-bond acceptors (Lipinski definition) is 4. The number of aromatic nitrogens is 2. The second kappa shape index (κ2) is 6.01. The summed E-state index contributed by atoms with van der Waals surface area (Å²) in [4.78, 5) is 11.3. The Balaban J connectivity index is 1.84. The molecule has 1 N–H and O–H groups in total. The van der Waals surface area contributed by atoms with Crippen molar-refractivity contribution in [2.45, 2.75) is 12.8 Å². The molecule has 3 rings (SSSR count). The molecule has 0 spiro atoms. The third-order valence-electron chi connectivity index (χ3n) is 3.77. The lowest BCUT2D eigenvalue weighted by atomic mass is 9.99. The molecular formula is C16H19N3O. The summed E-state index contributed by atoms with van der Waals surface area (Å²) in [5.74, 6) is 2.07. The zero-order chi connectivity index (χ0) is 13.8. The molecule has 20 heavy (non-hydrogen) atoms. The van der Waals surface area contributed by atoms with Crippen LogP contribution in [0.25, 0.3) is 11.4 Å². The summed E-state index contributed by atoms with van der Waals surface area (Å²) in [6.07, 6.45) is 4.02. The van der Waals surface area contributed by atoms with E-state index in [-0.39, 0.29) is 6.61 Å². The van der Waals surface area contributed by atoms with Crippen LogP contribution in [0, 0.1) is 5.92 Å². The summed E-state index contributed by atoms with van der Waals surface area (Å²) in [6, 6.07) is 12.0. The average Bonchev–Trinajstić information content (AvgIpc) is 2.56. The van der Waals surface area contributed by atoms with E-state index in [0.717, 1.165) is 43.1 Å². The first kappa shape index (κ1) is 13.1. The lowest BCUT2D eigenvalue weighted by molar-refractivity contribution is 0.208. The summed E-state index contributed by atoms with van der Waals surface area (Å²) in [5.41, 5.74) is 1.03. The predicted octanol–water partition coefficient (Wildman–Crippen LogP) is 2.35. The molecule has 0 amide bonds. The molecule has 1 aromatic carbocycles. The van der Waals surface area contributed by atoms with Gasteiger partial charge in [0.05, 0.1) is 0 Å². The van der Waals surface area contributed by atoms with Crippen LogP contribution >= 0.6 is 0 Å². The van der Waals surface area contributed by atoms with Crippen LogP contribution in [0.5, 0.6) is 0 Å². The van der Waals surface area contributed by atoms with Crippen molar-refractivity contribution in [3.8, 4) is 11.4 Å². The van der Waals surface area contributed by atoms with Gasteiger partial charge in [0, 0.05) is 31.5 Å². The number of nitrogens with zero attached hydrogens (tertiary/aromatic N) is 3. The standard InChI is InChI=1S/C16H19N3O/c20-12-13-5-4-10-19(11-13)15-8-9-17-16(18-15)14-6-2-1-3-7-14/h1-3,6-9,13,20H,4-5,10-12H2. The van der Waals surface area contributed by atoms with Crippen molar-refractivity contribution in [2.75, 3.05) is 24.6 Å². The quantitative estimate of drug-likeness (QED) is 0.929. The van der Waals surface area contributed by atoms with Gasteiger partial charge in [-0.1, -0.05) is 30.3 Å². The summed E-state index contributed by atoms with van der Waals surface area (Å²) < 4.78 is 0. The molecule has 0 bridgehead atoms. The first-order chi connectivity index (χ1) is 9.86. The zero-order valence-electron chi connectivity index (χ0n) is 11.4. The Bertz CT molecular complexity index is 559. The molecule has 0 aliphatic carbocycles. The van der Waals surface area contributed by atoms with Crippen LogP contribution in [-0.2, 0) is 0 Å². The maximum absolute atomic E-state index is 9.33. The van der Waals surface area contributed by atoms with E-state index in [1.165, 1.54) is 0 Å². The number of hydrogen-bond donors (Lipinski definition) is 1. The fourth-order valence-electron chi connectivity index (χ4n) is 2.67. The minimum absolute atomic E-state index is 0.257. The van der Waals surface area contributed by atoms with Gasteiger partial charge in [-0.15, -0.1) is 0 Å². The molecule has 1 atom stereocenters. The number of rotatable bonds is 3. The van der Waals surface area contributed by atoms with Crippen molar-refractivity contribution in [1.29, 1.82) is 0 Å². The monoisotopic (exact) mass is 269 g/mol. The summed E-state index contributed by atoms with van der Waals surface area (Å²) in [6.45, 7) is 2.14. The summed E-state index contributed by atoms with van der Waals surface area (Å²) in [7, 11) is 0. The van der Waals surface area contributed by atoms with E-state index in [4.69, 9.17) is 0 Å². The molecule has 1 saturated heterocycles. The molecular weight excluding hydrogens is 250 g/mol. The molecule has 104 valence electrons. The smallest absolute Gasteiger partial charge is 0.161 e. The fraction of sp³-hybridized carbons (Fsp3) is 0.375. The normalized spacial score (nSPS) is 19.1. The minimum Gasteiger partial charge on any atom is -0.396 e. The molecule has 2 heterocycles. The SMILES string of the molecule is OCC1CCCN(c2ccnc(-c3ccccc3)n2)C1. The maximum Gasteiger partial charge on any atom is 0.161 e. The van der Waals surface area contributed by atoms with Crippen molar-refractivity contribution in [3.05, 3.63) is 42.6 Å². The average molecular weight is 269 g/mol. The number of benzene rings is 1. The minimum atomic E-state index is 0.257. The van der Waals surface area contributed by atoms with E-state index in [1.54, 1.807) is 0 Å². The van der Waals surface area contributed by atoms with Crippen molar-refractivity contribution in [1.82, 2.24) is 9.97 Å². The molecule has 4 nitrogen and oxygen atoms in total. The van der Waals surface area contributed by atoms with Crippen molar-refractivity contribution < 1.29 is 5.11 Å². The molecule has 0 saturated carbocycles. The van der Waals surface area contributed by atoms with E-state index in [9.17, 15) is 5.11 Å². The maximum atomic E-state index is 9.33. The molecule has 1 aromatic heterocycles. The van der Waals surface area contributed by atoms with Crippen molar-refractivity contribution >= 4 is 5.82 Å². The molecule has 1 aliphatic heterocycles. The highest BCUT2D eigenvalue weighted by Crippen LogP contribution is 2.23. The Morgan fingerprint density at radius 2 is 2.05 bits per heavy atom. The van der Waals surface area contributed by atoms with Gasteiger partial charge in [-0.25, -0.2) is 9.97 Å². The number of aliphatic hydroxyl groups is 1. The molecule has 2 aromatic rings. The highest BCUT2D eigenvalue weighted by Gasteiger charge is 2.20. The lowest BCUT2D eigenvalue weighted by Gasteiger charge is -2.32. The first-order valence-corrected chi connectivity index (χ1v) is 7.11. The van der Waals surface area contributed by atoms with Crippen LogP contribution < -0.4 is 4.90 Å². The Hall–Kier alpha value is -1.94. The second-order valence-electron chi connectivity index (χ2n) is 5.24. The van der Waals surface area contributed by atoms with Gasteiger partial charge in [-0.3, -0.25) is 0 Å². The lowest BCUT2D eigenvalue weighted by Crippen LogP contribution is -2.37. The Morgan fingerprint density at radius 3 is 2.85 bits per heavy atom. The van der Waals surface area contributed by atoms with Gasteiger partial charge >= 0.3 is 0 Å². The van der Waals surface area contributed by atoms with Crippen LogP contribution in [0.1, 0.15) is 12.8 Å². The van der Waals surface area contributed by atoms with Crippen LogP contribution in [0.15, 0.2) is 42.6 Å². The predicted molar refractivity (Wildman–Crippen MR) is 79.5 cm³/mol. The van der Waals surface area contributed by atoms with Gasteiger partial charge in [0.2, 0.25) is 0 Å². The Labute approximate surface area is 119 Å². The molecule has 1 aliphatic rings. The van der Waals surface area contributed by atoms with Gasteiger partial charge in [-0.2, -0.15) is 0 Å². The number of anilines is 1. The van der Waals surface area contributed by atoms with Gasteiger partial charge in [-0.05, 0) is 24.8 Å². The van der Waals surface area contributed by atoms with E-state index < -0.39 is 0 Å². The molecule has 1 unspecified atom stereocenters. The molecule has 0 radical (unpaired) electrons.